The zero-order chi connectivity index (χ0) is 38.4. The summed E-state index contributed by atoms with van der Waals surface area (Å²) in [6.45, 7) is 7.04. The van der Waals surface area contributed by atoms with E-state index in [1.807, 2.05) is 27.0 Å². The van der Waals surface area contributed by atoms with Crippen LogP contribution >= 0.6 is 46.6 Å². The van der Waals surface area contributed by atoms with Gasteiger partial charge >= 0.3 is 12.1 Å². The predicted molar refractivity (Wildman–Crippen MR) is 200 cm³/mol. The Morgan fingerprint density at radius 1 is 1.19 bits per heavy atom. The number of methoxy groups -OCH3 is 1. The van der Waals surface area contributed by atoms with E-state index in [4.69, 9.17) is 63.2 Å². The fraction of sp³-hybridized carbons (Fsp3) is 0.528. The van der Waals surface area contributed by atoms with Crippen molar-refractivity contribution in [1.29, 1.82) is 5.26 Å². The topological polar surface area (TPSA) is 152 Å². The number of fused-ring (bicyclic) bond motifs is 9. The first-order valence-electron chi connectivity index (χ1n) is 16.9. The number of likely N-dealkylation sites (N-methyl/N-ethyl adjacent to an activating group) is 1. The standard InChI is InChI=1S/C36H41Cl3N4O9S/c1-7-8-48-31-18(3)32-33(52-16-51-32)27-20(31)11-23-28-26-19(9-17(2)30(47-5)29(26)44)10-22(42(28)4)24(12-40)43(23)25(27)13-49-34(45)21(14-53-6)41-35(46)50-15-36(37,38)39/h7,9,21-25,28,44H,1,8,10-11,13-16H2,2-6H3,(H,41,46)/t21-,22-,23+,24+,25+,28+/m1/s1. The van der Waals surface area contributed by atoms with Gasteiger partial charge in [0.25, 0.3) is 0 Å². The second kappa shape index (κ2) is 15.7. The lowest BCUT2D eigenvalue weighted by Gasteiger charge is -2.59. The van der Waals surface area contributed by atoms with Crippen LogP contribution in [0, 0.1) is 25.2 Å². The van der Waals surface area contributed by atoms with Gasteiger partial charge in [-0.3, -0.25) is 9.80 Å². The van der Waals surface area contributed by atoms with Crippen molar-refractivity contribution >= 4 is 58.6 Å². The van der Waals surface area contributed by atoms with Crippen LogP contribution < -0.4 is 24.3 Å². The summed E-state index contributed by atoms with van der Waals surface area (Å²) in [5.41, 5.74) is 4.68. The molecule has 0 saturated carbocycles. The molecule has 4 aliphatic heterocycles. The van der Waals surface area contributed by atoms with Crippen LogP contribution in [0.15, 0.2) is 18.7 Å². The highest BCUT2D eigenvalue weighted by molar-refractivity contribution is 7.98. The van der Waals surface area contributed by atoms with E-state index in [0.717, 1.165) is 27.8 Å². The Bertz CT molecular complexity index is 1840. The molecule has 0 spiro atoms. The van der Waals surface area contributed by atoms with Gasteiger partial charge in [-0.25, -0.2) is 9.59 Å². The molecule has 6 atom stereocenters. The number of ether oxygens (including phenoxy) is 6. The Morgan fingerprint density at radius 2 is 1.92 bits per heavy atom. The molecule has 1 fully saturated rings. The number of hydrogen-bond acceptors (Lipinski definition) is 13. The van der Waals surface area contributed by atoms with Gasteiger partial charge in [0.05, 0.1) is 25.3 Å². The van der Waals surface area contributed by atoms with E-state index in [-0.39, 0.29) is 37.6 Å². The molecule has 17 heteroatoms. The maximum atomic E-state index is 13.8. The summed E-state index contributed by atoms with van der Waals surface area (Å²) in [4.78, 5) is 30.6. The van der Waals surface area contributed by atoms with Gasteiger partial charge in [-0.2, -0.15) is 17.0 Å². The Balaban J connectivity index is 1.46. The van der Waals surface area contributed by atoms with Crippen molar-refractivity contribution in [2.75, 3.05) is 52.8 Å². The Kier molecular flexibility index (Phi) is 11.6. The van der Waals surface area contributed by atoms with E-state index in [2.05, 4.69) is 27.8 Å². The van der Waals surface area contributed by atoms with Crippen molar-refractivity contribution in [1.82, 2.24) is 15.1 Å². The summed E-state index contributed by atoms with van der Waals surface area (Å²) in [5.74, 6) is 1.44. The smallest absolute Gasteiger partial charge is 0.408 e. The molecule has 2 bridgehead atoms. The van der Waals surface area contributed by atoms with Crippen molar-refractivity contribution < 1.29 is 43.1 Å². The van der Waals surface area contributed by atoms with Crippen LogP contribution in [0.25, 0.3) is 0 Å². The van der Waals surface area contributed by atoms with Crippen molar-refractivity contribution in [3.8, 4) is 34.8 Å². The van der Waals surface area contributed by atoms with E-state index >= 15 is 0 Å². The number of halogens is 3. The lowest BCUT2D eigenvalue weighted by atomic mass is 9.71. The third-order valence-electron chi connectivity index (χ3n) is 10.3. The first kappa shape index (κ1) is 39.2. The second-order valence-corrected chi connectivity index (χ2v) is 16.7. The fourth-order valence-corrected chi connectivity index (χ4v) is 8.97. The minimum atomic E-state index is -1.84. The predicted octanol–water partition coefficient (Wildman–Crippen LogP) is 5.45. The number of phenolic OH excluding ortho intramolecular Hbond substituents is 1. The van der Waals surface area contributed by atoms with E-state index in [1.54, 1.807) is 12.3 Å². The number of alkyl halides is 3. The number of aryl methyl sites for hydroxylation is 1. The number of aromatic hydroxyl groups is 1. The molecule has 6 rings (SSSR count). The third-order valence-corrected chi connectivity index (χ3v) is 11.3. The van der Waals surface area contributed by atoms with Crippen LogP contribution in [0.1, 0.15) is 45.5 Å². The second-order valence-electron chi connectivity index (χ2n) is 13.3. The molecule has 0 aromatic heterocycles. The molecule has 4 aliphatic rings. The van der Waals surface area contributed by atoms with E-state index in [9.17, 15) is 20.0 Å². The number of rotatable bonds is 11. The number of phenols is 1. The van der Waals surface area contributed by atoms with Gasteiger partial charge in [0.1, 0.15) is 37.7 Å². The van der Waals surface area contributed by atoms with Gasteiger partial charge in [-0.1, -0.05) is 53.5 Å². The average molecular weight is 812 g/mol. The molecule has 0 unspecified atom stereocenters. The third kappa shape index (κ3) is 7.24. The van der Waals surface area contributed by atoms with E-state index in [0.29, 0.717) is 41.4 Å². The number of carbonyl (C=O) groups is 2. The van der Waals surface area contributed by atoms with Crippen LogP contribution in [0.5, 0.6) is 28.7 Å². The van der Waals surface area contributed by atoms with E-state index < -0.39 is 52.7 Å². The summed E-state index contributed by atoms with van der Waals surface area (Å²) in [6.07, 6.45) is 3.34. The van der Waals surface area contributed by atoms with Gasteiger partial charge in [0.2, 0.25) is 10.6 Å². The monoisotopic (exact) mass is 810 g/mol. The zero-order valence-corrected chi connectivity index (χ0v) is 33.0. The molecule has 286 valence electrons. The minimum Gasteiger partial charge on any atom is -0.504 e. The van der Waals surface area contributed by atoms with Crippen LogP contribution in [-0.4, -0.2) is 108 Å². The molecule has 2 N–H and O–H groups in total. The van der Waals surface area contributed by atoms with Crippen molar-refractivity contribution in [3.05, 3.63) is 52.1 Å². The van der Waals surface area contributed by atoms with Gasteiger partial charge < -0.3 is 38.8 Å². The number of nitrogens with one attached hydrogen (secondary N) is 1. The molecule has 0 aliphatic carbocycles. The maximum Gasteiger partial charge on any atom is 0.408 e. The first-order valence-corrected chi connectivity index (χ1v) is 19.4. The minimum absolute atomic E-state index is 0.0322. The number of esters is 1. The van der Waals surface area contributed by atoms with Gasteiger partial charge in [-0.15, -0.1) is 0 Å². The molecule has 2 aromatic carbocycles. The quantitative estimate of drug-likeness (QED) is 0.168. The number of benzene rings is 2. The molecule has 53 heavy (non-hydrogen) atoms. The molecular formula is C36H41Cl3N4O9S. The summed E-state index contributed by atoms with van der Waals surface area (Å²) in [5, 5.41) is 25.2. The molecule has 2 aromatic rings. The fourth-order valence-electron chi connectivity index (χ4n) is 8.26. The summed E-state index contributed by atoms with van der Waals surface area (Å²) < 4.78 is 33.3. The first-order chi connectivity index (χ1) is 25.3. The van der Waals surface area contributed by atoms with Gasteiger partial charge in [0, 0.05) is 40.1 Å². The van der Waals surface area contributed by atoms with Crippen LogP contribution in [0.3, 0.4) is 0 Å². The number of hydrogen-bond donors (Lipinski definition) is 2. The number of alkyl carbamates (subject to hydrolysis) is 1. The summed E-state index contributed by atoms with van der Waals surface area (Å²) >= 11 is 18.5. The van der Waals surface area contributed by atoms with Crippen molar-refractivity contribution in [2.45, 2.75) is 66.7 Å². The Morgan fingerprint density at radius 3 is 2.58 bits per heavy atom. The molecule has 4 heterocycles. The molecule has 13 nitrogen and oxygen atoms in total. The Hall–Kier alpha value is -3.45. The van der Waals surface area contributed by atoms with Crippen molar-refractivity contribution in [2.24, 2.45) is 0 Å². The summed E-state index contributed by atoms with van der Waals surface area (Å²) in [6, 6.07) is 0.975. The van der Waals surface area contributed by atoms with Crippen LogP contribution in [-0.2, 0) is 27.1 Å². The number of thioether (sulfide) groups is 1. The number of carbonyl (C=O) groups excluding carboxylic acids is 2. The lowest BCUT2D eigenvalue weighted by Crippen LogP contribution is -2.68. The number of amides is 1. The highest BCUT2D eigenvalue weighted by Crippen LogP contribution is 2.58. The number of piperazine rings is 1. The largest absolute Gasteiger partial charge is 0.504 e. The SMILES string of the molecule is C=CCOc1c(C)c2c(c3c1C[C@H]1[C@H]4c5c(cc(C)c(OC)c5O)C[C@H]([C@H](C#N)N1[C@H]3COC(=O)[C@@H](CSC)NC(=O)OCC(Cl)(Cl)Cl)N4C)OCO2. The normalized spacial score (nSPS) is 23.4. The molecular weight excluding hydrogens is 771 g/mol. The summed E-state index contributed by atoms with van der Waals surface area (Å²) in [7, 11) is 3.50. The molecule has 1 saturated heterocycles. The zero-order valence-electron chi connectivity index (χ0n) is 29.9. The van der Waals surface area contributed by atoms with Gasteiger partial charge in [-0.05, 0) is 51.1 Å². The highest BCUT2D eigenvalue weighted by Gasteiger charge is 2.57. The highest BCUT2D eigenvalue weighted by atomic mass is 35.6. The number of nitrogens with zero attached hydrogens (tertiary/aromatic N) is 3. The van der Waals surface area contributed by atoms with Crippen LogP contribution in [0.2, 0.25) is 0 Å². The van der Waals surface area contributed by atoms with Crippen molar-refractivity contribution in [3.63, 3.8) is 0 Å². The number of nitriles is 1. The van der Waals surface area contributed by atoms with Gasteiger partial charge in [0.15, 0.2) is 23.0 Å². The molecule has 1 amide bonds. The Labute approximate surface area is 327 Å². The van der Waals surface area contributed by atoms with E-state index in [1.165, 1.54) is 18.9 Å². The maximum absolute atomic E-state index is 13.8. The average Bonchev–Trinajstić information content (AvgIpc) is 3.60. The van der Waals surface area contributed by atoms with Crippen LogP contribution in [0.4, 0.5) is 4.79 Å². The molecule has 0 radical (unpaired) electrons. The lowest BCUT2D eigenvalue weighted by molar-refractivity contribution is -0.150.